The topological polar surface area (TPSA) is 65.5 Å². The van der Waals surface area contributed by atoms with Crippen LogP contribution in [-0.2, 0) is 12.8 Å². The number of hydrogen-bond acceptors (Lipinski definition) is 4. The zero-order valence-corrected chi connectivity index (χ0v) is 12.1. The van der Waals surface area contributed by atoms with E-state index in [1.165, 1.54) is 25.9 Å². The van der Waals surface area contributed by atoms with Crippen molar-refractivity contribution < 1.29 is 9.90 Å². The summed E-state index contributed by atoms with van der Waals surface area (Å²) in [6, 6.07) is 2.18. The molecule has 5 nitrogen and oxygen atoms in total. The van der Waals surface area contributed by atoms with Crippen LogP contribution in [0.1, 0.15) is 40.9 Å². The normalized spacial score (nSPS) is 30.2. The van der Waals surface area contributed by atoms with Gasteiger partial charge in [-0.3, -0.25) is 0 Å². The number of anilines is 1. The minimum absolute atomic E-state index is 0.340. The van der Waals surface area contributed by atoms with E-state index in [4.69, 9.17) is 0 Å². The van der Waals surface area contributed by atoms with Crippen LogP contribution < -0.4 is 5.32 Å². The molecule has 2 N–H and O–H groups in total. The van der Waals surface area contributed by atoms with Crippen LogP contribution in [0.15, 0.2) is 6.07 Å². The Bertz CT molecular complexity index is 579. The highest BCUT2D eigenvalue weighted by Gasteiger charge is 2.35. The smallest absolute Gasteiger partial charge is 0.339 e. The second kappa shape index (κ2) is 4.98. The van der Waals surface area contributed by atoms with Gasteiger partial charge in [0.25, 0.3) is 0 Å². The molecule has 112 valence electrons. The molecule has 1 atom stereocenters. The Kier molecular flexibility index (Phi) is 3.10. The maximum Gasteiger partial charge on any atom is 0.339 e. The van der Waals surface area contributed by atoms with Crippen LogP contribution in [0.3, 0.4) is 0 Å². The predicted molar refractivity (Wildman–Crippen MR) is 79.8 cm³/mol. The molecule has 0 spiro atoms. The van der Waals surface area contributed by atoms with Crippen molar-refractivity contribution in [2.24, 2.45) is 5.92 Å². The van der Waals surface area contributed by atoms with Gasteiger partial charge in [-0.15, -0.1) is 0 Å². The highest BCUT2D eigenvalue weighted by molar-refractivity contribution is 5.93. The number of fused-ring (bicyclic) bond motifs is 4. The Morgan fingerprint density at radius 3 is 2.81 bits per heavy atom. The molecule has 1 unspecified atom stereocenters. The van der Waals surface area contributed by atoms with Crippen molar-refractivity contribution in [3.05, 3.63) is 22.9 Å². The minimum atomic E-state index is -0.874. The first-order chi connectivity index (χ1) is 10.2. The number of carboxylic acid groups (broad SMARTS) is 1. The summed E-state index contributed by atoms with van der Waals surface area (Å²) in [6.45, 7) is 3.39. The lowest BCUT2D eigenvalue weighted by Crippen LogP contribution is -2.53. The SMILES string of the molecule is O=C(O)c1cc2c(nc1NC1CN3CCC1CC3)CCC2. The largest absolute Gasteiger partial charge is 0.478 e. The molecule has 2 bridgehead atoms. The van der Waals surface area contributed by atoms with Crippen molar-refractivity contribution in [2.45, 2.75) is 38.1 Å². The summed E-state index contributed by atoms with van der Waals surface area (Å²) >= 11 is 0. The molecule has 1 aromatic heterocycles. The van der Waals surface area contributed by atoms with Crippen molar-refractivity contribution >= 4 is 11.8 Å². The second-order valence-corrected chi connectivity index (χ2v) is 6.54. The lowest BCUT2D eigenvalue weighted by Gasteiger charge is -2.45. The van der Waals surface area contributed by atoms with Gasteiger partial charge in [-0.25, -0.2) is 9.78 Å². The number of piperidine rings is 3. The van der Waals surface area contributed by atoms with E-state index in [0.29, 0.717) is 23.3 Å². The van der Waals surface area contributed by atoms with Gasteiger partial charge >= 0.3 is 5.97 Å². The molecular weight excluding hydrogens is 266 g/mol. The van der Waals surface area contributed by atoms with Gasteiger partial charge in [0.15, 0.2) is 0 Å². The summed E-state index contributed by atoms with van der Waals surface area (Å²) < 4.78 is 0. The van der Waals surface area contributed by atoms with Crippen LogP contribution in [0.4, 0.5) is 5.82 Å². The number of carbonyl (C=O) groups is 1. The van der Waals surface area contributed by atoms with E-state index >= 15 is 0 Å². The summed E-state index contributed by atoms with van der Waals surface area (Å²) in [5.74, 6) is 0.370. The fourth-order valence-corrected chi connectivity index (χ4v) is 4.05. The van der Waals surface area contributed by atoms with E-state index in [-0.39, 0.29) is 0 Å². The van der Waals surface area contributed by atoms with Crippen LogP contribution in [0.25, 0.3) is 0 Å². The zero-order chi connectivity index (χ0) is 14.4. The molecule has 0 radical (unpaired) electrons. The number of rotatable bonds is 3. The van der Waals surface area contributed by atoms with Crippen molar-refractivity contribution in [3.63, 3.8) is 0 Å². The fourth-order valence-electron chi connectivity index (χ4n) is 4.05. The number of pyridine rings is 1. The van der Waals surface area contributed by atoms with Crippen LogP contribution in [0, 0.1) is 5.92 Å². The monoisotopic (exact) mass is 287 g/mol. The molecule has 5 rings (SSSR count). The van der Waals surface area contributed by atoms with E-state index < -0.39 is 5.97 Å². The molecule has 5 heteroatoms. The molecule has 1 aliphatic carbocycles. The molecule has 4 heterocycles. The van der Waals surface area contributed by atoms with Gasteiger partial charge in [-0.2, -0.15) is 0 Å². The van der Waals surface area contributed by atoms with Gasteiger partial charge in [-0.1, -0.05) is 0 Å². The molecule has 3 aliphatic heterocycles. The predicted octanol–water partition coefficient (Wildman–Crippen LogP) is 1.77. The Morgan fingerprint density at radius 1 is 1.33 bits per heavy atom. The first kappa shape index (κ1) is 13.1. The average Bonchev–Trinajstić information content (AvgIpc) is 2.95. The standard InChI is InChI=1S/C16H21N3O2/c20-16(21)12-8-11-2-1-3-13(11)17-15(12)18-14-9-19-6-4-10(14)5-7-19/h8,10,14H,1-7,9H2,(H,17,18)(H,20,21). The Hall–Kier alpha value is -1.62. The fraction of sp³-hybridized carbons (Fsp3) is 0.625. The first-order valence-electron chi connectivity index (χ1n) is 7.95. The third-order valence-corrected chi connectivity index (χ3v) is 5.26. The number of aromatic nitrogens is 1. The zero-order valence-electron chi connectivity index (χ0n) is 12.1. The number of aryl methyl sites for hydroxylation is 2. The third-order valence-electron chi connectivity index (χ3n) is 5.26. The molecule has 3 saturated heterocycles. The van der Waals surface area contributed by atoms with Crippen LogP contribution in [0.2, 0.25) is 0 Å². The van der Waals surface area contributed by atoms with E-state index in [1.54, 1.807) is 0 Å². The number of hydrogen-bond donors (Lipinski definition) is 2. The van der Waals surface area contributed by atoms with Crippen molar-refractivity contribution in [1.82, 2.24) is 9.88 Å². The number of nitrogens with zero attached hydrogens (tertiary/aromatic N) is 2. The molecule has 4 aliphatic rings. The summed E-state index contributed by atoms with van der Waals surface area (Å²) in [6.07, 6.45) is 5.45. The van der Waals surface area contributed by atoms with Crippen LogP contribution in [0.5, 0.6) is 0 Å². The molecule has 0 amide bonds. The maximum absolute atomic E-state index is 11.5. The maximum atomic E-state index is 11.5. The van der Waals surface area contributed by atoms with Gasteiger partial charge < -0.3 is 15.3 Å². The van der Waals surface area contributed by atoms with E-state index in [2.05, 4.69) is 15.2 Å². The van der Waals surface area contributed by atoms with Gasteiger partial charge in [0.05, 0.1) is 0 Å². The Labute approximate surface area is 124 Å². The molecule has 1 aromatic rings. The molecule has 3 fully saturated rings. The number of aromatic carboxylic acids is 1. The Balaban J connectivity index is 1.63. The minimum Gasteiger partial charge on any atom is -0.478 e. The molecule has 21 heavy (non-hydrogen) atoms. The van der Waals surface area contributed by atoms with Gasteiger partial charge in [0.2, 0.25) is 0 Å². The molecule has 0 saturated carbocycles. The highest BCUT2D eigenvalue weighted by atomic mass is 16.4. The first-order valence-corrected chi connectivity index (χ1v) is 7.95. The number of carboxylic acids is 1. The quantitative estimate of drug-likeness (QED) is 0.887. The van der Waals surface area contributed by atoms with E-state index in [9.17, 15) is 9.90 Å². The van der Waals surface area contributed by atoms with Crippen LogP contribution >= 0.6 is 0 Å². The average molecular weight is 287 g/mol. The van der Waals surface area contributed by atoms with E-state index in [0.717, 1.165) is 37.1 Å². The summed E-state index contributed by atoms with van der Waals surface area (Å²) in [7, 11) is 0. The summed E-state index contributed by atoms with van der Waals surface area (Å²) in [5, 5.41) is 12.9. The highest BCUT2D eigenvalue weighted by Crippen LogP contribution is 2.31. The summed E-state index contributed by atoms with van der Waals surface area (Å²) in [5.41, 5.74) is 2.54. The lowest BCUT2D eigenvalue weighted by molar-refractivity contribution is 0.0696. The second-order valence-electron chi connectivity index (χ2n) is 6.54. The van der Waals surface area contributed by atoms with Crippen molar-refractivity contribution in [3.8, 4) is 0 Å². The van der Waals surface area contributed by atoms with Crippen molar-refractivity contribution in [2.75, 3.05) is 25.0 Å². The number of nitrogens with one attached hydrogen (secondary N) is 1. The molecule has 0 aromatic carbocycles. The third kappa shape index (κ3) is 2.29. The molecular formula is C16H21N3O2. The van der Waals surface area contributed by atoms with Crippen molar-refractivity contribution in [1.29, 1.82) is 0 Å². The van der Waals surface area contributed by atoms with Gasteiger partial charge in [-0.05, 0) is 62.7 Å². The lowest BCUT2D eigenvalue weighted by atomic mass is 9.84. The Morgan fingerprint density at radius 2 is 2.14 bits per heavy atom. The van der Waals surface area contributed by atoms with Crippen LogP contribution in [-0.4, -0.2) is 46.6 Å². The van der Waals surface area contributed by atoms with Gasteiger partial charge in [0, 0.05) is 18.3 Å². The van der Waals surface area contributed by atoms with Gasteiger partial charge in [0.1, 0.15) is 11.4 Å². The summed E-state index contributed by atoms with van der Waals surface area (Å²) in [4.78, 5) is 18.6. The van der Waals surface area contributed by atoms with E-state index in [1.807, 2.05) is 6.07 Å².